The maximum atomic E-state index is 11.6. The van der Waals surface area contributed by atoms with Crippen molar-refractivity contribution in [2.45, 2.75) is 5.22 Å². The van der Waals surface area contributed by atoms with Crippen LogP contribution in [0.5, 0.6) is 17.2 Å². The van der Waals surface area contributed by atoms with E-state index in [0.29, 0.717) is 28.4 Å². The molecular weight excluding hydrogens is 396 g/mol. The van der Waals surface area contributed by atoms with E-state index in [-0.39, 0.29) is 16.0 Å². The molecule has 0 aliphatic carbocycles. The van der Waals surface area contributed by atoms with E-state index in [2.05, 4.69) is 10.2 Å². The first-order chi connectivity index (χ1) is 14.0. The number of aliphatic carboxylic acids is 1. The van der Waals surface area contributed by atoms with Crippen LogP contribution in [0.1, 0.15) is 5.56 Å². The van der Waals surface area contributed by atoms with Gasteiger partial charge in [0.2, 0.25) is 5.89 Å². The minimum atomic E-state index is -1.36. The largest absolute Gasteiger partial charge is 0.544 e. The summed E-state index contributed by atoms with van der Waals surface area (Å²) in [6.45, 7) is 0. The normalized spacial score (nSPS) is 11.2. The lowest BCUT2D eigenvalue weighted by atomic mass is 10.2. The number of methoxy groups -OCH3 is 3. The molecule has 1 aromatic heterocycles. The van der Waals surface area contributed by atoms with Gasteiger partial charge in [-0.15, -0.1) is 10.2 Å². The van der Waals surface area contributed by atoms with Crippen LogP contribution in [0.15, 0.2) is 57.0 Å². The second kappa shape index (κ2) is 9.16. The molecule has 0 saturated heterocycles. The van der Waals surface area contributed by atoms with Crippen LogP contribution in [-0.4, -0.2) is 37.5 Å². The van der Waals surface area contributed by atoms with E-state index in [9.17, 15) is 9.90 Å². The molecule has 0 radical (unpaired) electrons. The van der Waals surface area contributed by atoms with Crippen molar-refractivity contribution in [3.63, 3.8) is 0 Å². The van der Waals surface area contributed by atoms with Gasteiger partial charge in [-0.05, 0) is 47.7 Å². The molecule has 0 atom stereocenters. The summed E-state index contributed by atoms with van der Waals surface area (Å²) in [5.74, 6) is 0.554. The topological polar surface area (TPSA) is 107 Å². The third-order valence-corrected chi connectivity index (χ3v) is 4.64. The van der Waals surface area contributed by atoms with Gasteiger partial charge >= 0.3 is 0 Å². The predicted octanol–water partition coefficient (Wildman–Crippen LogP) is 2.65. The molecular formula is C20H17N2O6S-. The second-order valence-corrected chi connectivity index (χ2v) is 6.64. The summed E-state index contributed by atoms with van der Waals surface area (Å²) < 4.78 is 21.2. The van der Waals surface area contributed by atoms with Gasteiger partial charge in [0.1, 0.15) is 17.2 Å². The smallest absolute Gasteiger partial charge is 0.281 e. The van der Waals surface area contributed by atoms with Gasteiger partial charge in [0, 0.05) is 16.5 Å². The first kappa shape index (κ1) is 20.3. The first-order valence-corrected chi connectivity index (χ1v) is 9.16. The molecule has 3 aromatic rings. The van der Waals surface area contributed by atoms with Crippen LogP contribution >= 0.6 is 11.8 Å². The molecule has 0 aliphatic rings. The van der Waals surface area contributed by atoms with Gasteiger partial charge in [0.25, 0.3) is 5.22 Å². The fourth-order valence-electron chi connectivity index (χ4n) is 2.41. The van der Waals surface area contributed by atoms with E-state index in [1.807, 2.05) is 0 Å². The molecule has 0 saturated carbocycles. The van der Waals surface area contributed by atoms with Crippen LogP contribution in [0.2, 0.25) is 0 Å². The highest BCUT2D eigenvalue weighted by atomic mass is 32.2. The summed E-state index contributed by atoms with van der Waals surface area (Å²) in [4.78, 5) is 11.5. The van der Waals surface area contributed by atoms with Crippen molar-refractivity contribution in [1.29, 1.82) is 0 Å². The van der Waals surface area contributed by atoms with Gasteiger partial charge in [-0.3, -0.25) is 0 Å². The maximum Gasteiger partial charge on any atom is 0.281 e. The Balaban J connectivity index is 1.87. The summed E-state index contributed by atoms with van der Waals surface area (Å²) >= 11 is 0.796. The Hall–Kier alpha value is -3.46. The van der Waals surface area contributed by atoms with Crippen molar-refractivity contribution in [2.75, 3.05) is 21.3 Å². The number of aromatic nitrogens is 2. The lowest BCUT2D eigenvalue weighted by Crippen LogP contribution is -2.23. The molecule has 0 amide bonds. The van der Waals surface area contributed by atoms with Gasteiger partial charge in [-0.2, -0.15) is 0 Å². The number of thioether (sulfide) groups is 1. The highest BCUT2D eigenvalue weighted by Gasteiger charge is 2.14. The summed E-state index contributed by atoms with van der Waals surface area (Å²) in [5.41, 5.74) is 1.21. The van der Waals surface area contributed by atoms with Gasteiger partial charge in [-0.1, -0.05) is 12.1 Å². The Labute approximate surface area is 171 Å². The number of nitrogens with zero attached hydrogens (tertiary/aromatic N) is 2. The number of carboxylic acid groups (broad SMARTS) is 1. The molecule has 8 nitrogen and oxygen atoms in total. The van der Waals surface area contributed by atoms with Gasteiger partial charge in [0.05, 0.1) is 27.3 Å². The summed E-state index contributed by atoms with van der Waals surface area (Å²) in [5, 5.41) is 19.5. The van der Waals surface area contributed by atoms with E-state index in [0.717, 1.165) is 11.8 Å². The van der Waals surface area contributed by atoms with Crippen molar-refractivity contribution in [3.05, 3.63) is 52.9 Å². The number of ether oxygens (including phenoxy) is 3. The van der Waals surface area contributed by atoms with Gasteiger partial charge in [0.15, 0.2) is 0 Å². The number of carboxylic acids is 1. The standard InChI is InChI=1S/C20H18N2O6S/c1-25-14-6-4-5-12(7-14)8-17(19(23)24)29-20-22-21-18(28-20)13-9-15(26-2)11-16(10-13)27-3/h4-11H,1-3H3,(H,23,24)/p-1/b17-8-. The number of rotatable bonds is 8. The first-order valence-electron chi connectivity index (χ1n) is 8.34. The zero-order chi connectivity index (χ0) is 20.8. The molecule has 0 bridgehead atoms. The molecule has 150 valence electrons. The maximum absolute atomic E-state index is 11.6. The number of carbonyl (C=O) groups excluding carboxylic acids is 1. The Bertz CT molecular complexity index is 1020. The molecule has 9 heteroatoms. The minimum absolute atomic E-state index is 0.0557. The van der Waals surface area contributed by atoms with Gasteiger partial charge < -0.3 is 28.5 Å². The Kier molecular flexibility index (Phi) is 6.40. The van der Waals surface area contributed by atoms with Crippen LogP contribution in [0.4, 0.5) is 0 Å². The zero-order valence-corrected chi connectivity index (χ0v) is 16.7. The molecule has 3 rings (SSSR count). The van der Waals surface area contributed by atoms with Crippen molar-refractivity contribution >= 4 is 23.8 Å². The second-order valence-electron chi connectivity index (χ2n) is 5.65. The van der Waals surface area contributed by atoms with Crippen LogP contribution in [0.3, 0.4) is 0 Å². The lowest BCUT2D eigenvalue weighted by Gasteiger charge is -2.07. The fraction of sp³-hybridized carbons (Fsp3) is 0.150. The molecule has 0 spiro atoms. The number of hydrogen-bond donors (Lipinski definition) is 0. The highest BCUT2D eigenvalue weighted by Crippen LogP contribution is 2.33. The molecule has 29 heavy (non-hydrogen) atoms. The van der Waals surface area contributed by atoms with Crippen LogP contribution in [0, 0.1) is 0 Å². The average Bonchev–Trinajstić information content (AvgIpc) is 3.21. The van der Waals surface area contributed by atoms with Crippen molar-refractivity contribution in [3.8, 4) is 28.7 Å². The third kappa shape index (κ3) is 5.08. The summed E-state index contributed by atoms with van der Waals surface area (Å²) in [7, 11) is 4.59. The Morgan fingerprint density at radius 1 is 1.00 bits per heavy atom. The number of carbonyl (C=O) groups is 1. The average molecular weight is 413 g/mol. The molecule has 0 fully saturated rings. The highest BCUT2D eigenvalue weighted by molar-refractivity contribution is 8.03. The predicted molar refractivity (Wildman–Crippen MR) is 105 cm³/mol. The van der Waals surface area contributed by atoms with E-state index >= 15 is 0 Å². The molecule has 0 aliphatic heterocycles. The van der Waals surface area contributed by atoms with E-state index < -0.39 is 5.97 Å². The number of benzene rings is 2. The summed E-state index contributed by atoms with van der Waals surface area (Å²) in [6.07, 6.45) is 1.45. The monoisotopic (exact) mass is 413 g/mol. The van der Waals surface area contributed by atoms with E-state index in [4.69, 9.17) is 18.6 Å². The van der Waals surface area contributed by atoms with Crippen molar-refractivity contribution in [2.24, 2.45) is 0 Å². The van der Waals surface area contributed by atoms with Crippen molar-refractivity contribution < 1.29 is 28.5 Å². The van der Waals surface area contributed by atoms with Crippen LogP contribution < -0.4 is 19.3 Å². The van der Waals surface area contributed by atoms with E-state index in [1.54, 1.807) is 42.5 Å². The molecule has 2 aromatic carbocycles. The number of hydrogen-bond acceptors (Lipinski definition) is 9. The Morgan fingerprint density at radius 3 is 2.31 bits per heavy atom. The quantitative estimate of drug-likeness (QED) is 0.407. The van der Waals surface area contributed by atoms with Crippen molar-refractivity contribution in [1.82, 2.24) is 10.2 Å². The van der Waals surface area contributed by atoms with E-state index in [1.165, 1.54) is 27.4 Å². The van der Waals surface area contributed by atoms with Crippen LogP contribution in [0.25, 0.3) is 17.5 Å². The fourth-order valence-corrected chi connectivity index (χ4v) is 3.07. The SMILES string of the molecule is COc1cccc(/C=C(\Sc2nnc(-c3cc(OC)cc(OC)c3)o2)C(=O)[O-])c1. The minimum Gasteiger partial charge on any atom is -0.544 e. The molecule has 1 heterocycles. The van der Waals surface area contributed by atoms with Crippen LogP contribution in [-0.2, 0) is 4.79 Å². The van der Waals surface area contributed by atoms with Gasteiger partial charge in [-0.25, -0.2) is 0 Å². The molecule has 0 N–H and O–H groups in total. The lowest BCUT2D eigenvalue weighted by molar-refractivity contribution is -0.298. The summed E-state index contributed by atoms with van der Waals surface area (Å²) in [6, 6.07) is 12.1. The molecule has 0 unspecified atom stereocenters. The zero-order valence-electron chi connectivity index (χ0n) is 15.9. The Morgan fingerprint density at radius 2 is 1.69 bits per heavy atom. The third-order valence-electron chi connectivity index (χ3n) is 3.79.